The molecule has 0 aliphatic carbocycles. The number of hydrogen-bond donors (Lipinski definition) is 1. The summed E-state index contributed by atoms with van der Waals surface area (Å²) < 4.78 is 0. The molecule has 2 rings (SSSR count). The third-order valence-corrected chi connectivity index (χ3v) is 3.31. The van der Waals surface area contributed by atoms with E-state index >= 15 is 0 Å². The first kappa shape index (κ1) is 15.2. The zero-order chi connectivity index (χ0) is 15.6. The van der Waals surface area contributed by atoms with Crippen LogP contribution in [0.15, 0.2) is 24.3 Å². The maximum Gasteiger partial charge on any atom is 0.332 e. The second-order valence-electron chi connectivity index (χ2n) is 4.81. The van der Waals surface area contributed by atoms with E-state index in [2.05, 4.69) is 15.3 Å². The van der Waals surface area contributed by atoms with Gasteiger partial charge in [0, 0.05) is 0 Å². The lowest BCUT2D eigenvalue weighted by Crippen LogP contribution is -2.11. The van der Waals surface area contributed by atoms with Crippen LogP contribution in [0.25, 0.3) is 0 Å². The van der Waals surface area contributed by atoms with Gasteiger partial charge in [0.1, 0.15) is 5.69 Å². The molecule has 0 aliphatic heterocycles. The maximum absolute atomic E-state index is 11.2. The first-order valence-corrected chi connectivity index (χ1v) is 6.78. The SMILES string of the molecule is Cc1ccc(C(C)Nc2nc(Cl)nc(C)c2[N+](=O)[O-])cc1. The van der Waals surface area contributed by atoms with Crippen molar-refractivity contribution in [3.63, 3.8) is 0 Å². The Balaban J connectivity index is 2.34. The average Bonchev–Trinajstić information content (AvgIpc) is 2.37. The van der Waals surface area contributed by atoms with Crippen LogP contribution in [0.1, 0.15) is 29.8 Å². The van der Waals surface area contributed by atoms with Crippen LogP contribution in [0.3, 0.4) is 0 Å². The molecule has 0 spiro atoms. The maximum atomic E-state index is 11.2. The van der Waals surface area contributed by atoms with Crippen LogP contribution < -0.4 is 5.32 Å². The van der Waals surface area contributed by atoms with Crippen molar-refractivity contribution in [1.29, 1.82) is 0 Å². The van der Waals surface area contributed by atoms with Gasteiger partial charge in [0.2, 0.25) is 11.1 Å². The predicted octanol–water partition coefficient (Wildman–Crippen LogP) is 3.83. The molecule has 2 aromatic rings. The zero-order valence-corrected chi connectivity index (χ0v) is 12.7. The predicted molar refractivity (Wildman–Crippen MR) is 81.7 cm³/mol. The first-order valence-electron chi connectivity index (χ1n) is 6.40. The Labute approximate surface area is 127 Å². The lowest BCUT2D eigenvalue weighted by Gasteiger charge is -2.15. The summed E-state index contributed by atoms with van der Waals surface area (Å²) in [4.78, 5) is 18.4. The van der Waals surface area contributed by atoms with Gasteiger partial charge in [-0.3, -0.25) is 10.1 Å². The summed E-state index contributed by atoms with van der Waals surface area (Å²) in [5.74, 6) is 0.130. The van der Waals surface area contributed by atoms with Gasteiger partial charge >= 0.3 is 5.69 Å². The molecule has 1 N–H and O–H groups in total. The Morgan fingerprint density at radius 3 is 2.43 bits per heavy atom. The Bertz CT molecular complexity index is 673. The summed E-state index contributed by atoms with van der Waals surface area (Å²) in [6.07, 6.45) is 0. The van der Waals surface area contributed by atoms with Gasteiger partial charge in [0.05, 0.1) is 11.0 Å². The van der Waals surface area contributed by atoms with Crippen LogP contribution in [0.5, 0.6) is 0 Å². The zero-order valence-electron chi connectivity index (χ0n) is 11.9. The molecule has 6 nitrogen and oxygen atoms in total. The quantitative estimate of drug-likeness (QED) is 0.527. The van der Waals surface area contributed by atoms with Crippen LogP contribution in [0, 0.1) is 24.0 Å². The Kier molecular flexibility index (Phi) is 4.37. The van der Waals surface area contributed by atoms with Crippen LogP contribution in [-0.2, 0) is 0 Å². The average molecular weight is 307 g/mol. The van der Waals surface area contributed by atoms with E-state index in [1.54, 1.807) is 0 Å². The molecule has 1 heterocycles. The number of hydrogen-bond acceptors (Lipinski definition) is 5. The number of anilines is 1. The summed E-state index contributed by atoms with van der Waals surface area (Å²) in [6, 6.07) is 7.76. The lowest BCUT2D eigenvalue weighted by atomic mass is 10.1. The highest BCUT2D eigenvalue weighted by Crippen LogP contribution is 2.29. The topological polar surface area (TPSA) is 81.0 Å². The summed E-state index contributed by atoms with van der Waals surface area (Å²) in [5.41, 5.74) is 2.23. The molecule has 0 fully saturated rings. The largest absolute Gasteiger partial charge is 0.358 e. The van der Waals surface area contributed by atoms with Crippen molar-refractivity contribution in [2.45, 2.75) is 26.8 Å². The minimum atomic E-state index is -0.504. The summed E-state index contributed by atoms with van der Waals surface area (Å²) >= 11 is 5.79. The smallest absolute Gasteiger partial charge is 0.332 e. The first-order chi connectivity index (χ1) is 9.88. The van der Waals surface area contributed by atoms with E-state index in [1.165, 1.54) is 6.92 Å². The Morgan fingerprint density at radius 2 is 1.86 bits per heavy atom. The van der Waals surface area contributed by atoms with E-state index in [1.807, 2.05) is 38.1 Å². The fraction of sp³-hybridized carbons (Fsp3) is 0.286. The van der Waals surface area contributed by atoms with Crippen molar-refractivity contribution >= 4 is 23.1 Å². The van der Waals surface area contributed by atoms with Gasteiger partial charge in [-0.15, -0.1) is 0 Å². The van der Waals surface area contributed by atoms with E-state index in [0.29, 0.717) is 0 Å². The van der Waals surface area contributed by atoms with Crippen molar-refractivity contribution in [3.05, 3.63) is 56.5 Å². The molecule has 1 atom stereocenters. The summed E-state index contributed by atoms with van der Waals surface area (Å²) in [6.45, 7) is 5.44. The monoisotopic (exact) mass is 306 g/mol. The molecule has 1 aromatic heterocycles. The van der Waals surface area contributed by atoms with E-state index < -0.39 is 4.92 Å². The van der Waals surface area contributed by atoms with Gasteiger partial charge in [-0.05, 0) is 37.9 Å². The van der Waals surface area contributed by atoms with Crippen molar-refractivity contribution in [3.8, 4) is 0 Å². The normalized spacial score (nSPS) is 12.0. The van der Waals surface area contributed by atoms with E-state index in [4.69, 9.17) is 11.6 Å². The molecule has 110 valence electrons. The second-order valence-corrected chi connectivity index (χ2v) is 5.15. The lowest BCUT2D eigenvalue weighted by molar-refractivity contribution is -0.385. The highest BCUT2D eigenvalue weighted by atomic mass is 35.5. The number of nitro groups is 1. The minimum absolute atomic E-state index is 0.0169. The number of rotatable bonds is 4. The van der Waals surface area contributed by atoms with Crippen molar-refractivity contribution in [1.82, 2.24) is 9.97 Å². The molecule has 0 saturated carbocycles. The molecular weight excluding hydrogens is 292 g/mol. The van der Waals surface area contributed by atoms with Crippen LogP contribution in [-0.4, -0.2) is 14.9 Å². The standard InChI is InChI=1S/C14H15ClN4O2/c1-8-4-6-11(7-5-8)9(2)16-13-12(19(20)21)10(3)17-14(15)18-13/h4-7,9H,1-3H3,(H,16,17,18). The second kappa shape index (κ2) is 6.05. The third kappa shape index (κ3) is 3.46. The summed E-state index contributed by atoms with van der Waals surface area (Å²) in [7, 11) is 0. The molecule has 0 radical (unpaired) electrons. The molecule has 7 heteroatoms. The van der Waals surface area contributed by atoms with Gasteiger partial charge in [0.25, 0.3) is 0 Å². The fourth-order valence-electron chi connectivity index (χ4n) is 2.00. The van der Waals surface area contributed by atoms with Crippen LogP contribution in [0.4, 0.5) is 11.5 Å². The number of aryl methyl sites for hydroxylation is 2. The van der Waals surface area contributed by atoms with Crippen molar-refractivity contribution in [2.24, 2.45) is 0 Å². The Hall–Kier alpha value is -2.21. The van der Waals surface area contributed by atoms with Crippen LogP contribution in [0.2, 0.25) is 5.28 Å². The van der Waals surface area contributed by atoms with Gasteiger partial charge in [-0.2, -0.15) is 4.98 Å². The molecule has 1 aromatic carbocycles. The minimum Gasteiger partial charge on any atom is -0.358 e. The molecule has 1 unspecified atom stereocenters. The molecule has 0 bridgehead atoms. The van der Waals surface area contributed by atoms with Crippen LogP contribution >= 0.6 is 11.6 Å². The molecule has 0 saturated heterocycles. The fourth-order valence-corrected chi connectivity index (χ4v) is 2.21. The molecule has 0 aliphatic rings. The number of nitrogens with zero attached hydrogens (tertiary/aromatic N) is 3. The highest BCUT2D eigenvalue weighted by molar-refractivity contribution is 6.28. The van der Waals surface area contributed by atoms with E-state index in [0.717, 1.165) is 11.1 Å². The Morgan fingerprint density at radius 1 is 1.24 bits per heavy atom. The highest BCUT2D eigenvalue weighted by Gasteiger charge is 2.23. The van der Waals surface area contributed by atoms with Gasteiger partial charge in [0.15, 0.2) is 0 Å². The van der Waals surface area contributed by atoms with Gasteiger partial charge in [-0.1, -0.05) is 29.8 Å². The number of nitrogens with one attached hydrogen (secondary N) is 1. The van der Waals surface area contributed by atoms with Gasteiger partial charge in [-0.25, -0.2) is 4.98 Å². The number of benzene rings is 1. The molecule has 21 heavy (non-hydrogen) atoms. The van der Waals surface area contributed by atoms with Crippen molar-refractivity contribution in [2.75, 3.05) is 5.32 Å². The van der Waals surface area contributed by atoms with E-state index in [-0.39, 0.29) is 28.5 Å². The molecular formula is C14H15ClN4O2. The summed E-state index contributed by atoms with van der Waals surface area (Å²) in [5, 5.41) is 14.2. The van der Waals surface area contributed by atoms with Gasteiger partial charge < -0.3 is 5.32 Å². The molecule has 0 amide bonds. The van der Waals surface area contributed by atoms with E-state index in [9.17, 15) is 10.1 Å². The van der Waals surface area contributed by atoms with Crippen molar-refractivity contribution < 1.29 is 4.92 Å². The third-order valence-electron chi connectivity index (χ3n) is 3.14. The number of aromatic nitrogens is 2. The number of halogens is 1.